The number of esters is 1. The lowest BCUT2D eigenvalue weighted by Gasteiger charge is -2.22. The van der Waals surface area contributed by atoms with Crippen LogP contribution >= 0.6 is 15.9 Å². The summed E-state index contributed by atoms with van der Waals surface area (Å²) >= 11 is 3.66. The molecule has 1 heterocycles. The third kappa shape index (κ3) is 3.56. The summed E-state index contributed by atoms with van der Waals surface area (Å²) in [6, 6.07) is 9.98. The van der Waals surface area contributed by atoms with Crippen molar-refractivity contribution < 1.29 is 9.53 Å². The highest BCUT2D eigenvalue weighted by Gasteiger charge is 2.25. The van der Waals surface area contributed by atoms with Crippen molar-refractivity contribution in [2.24, 2.45) is 0 Å². The Bertz CT molecular complexity index is 364. The molecule has 0 radical (unpaired) electrons. The van der Waals surface area contributed by atoms with E-state index in [1.54, 1.807) is 0 Å². The molecule has 1 fully saturated rings. The molecule has 17 heavy (non-hydrogen) atoms. The largest absolute Gasteiger partial charge is 0.456 e. The number of ether oxygens (including phenoxy) is 1. The fraction of sp³-hybridized carbons (Fsp3) is 0.500. The fourth-order valence-electron chi connectivity index (χ4n) is 2.13. The number of benzene rings is 1. The summed E-state index contributed by atoms with van der Waals surface area (Å²) in [6.07, 6.45) is 4.65. The van der Waals surface area contributed by atoms with Crippen LogP contribution in [0.3, 0.4) is 0 Å². The Morgan fingerprint density at radius 2 is 1.88 bits per heavy atom. The van der Waals surface area contributed by atoms with Gasteiger partial charge in [-0.15, -0.1) is 0 Å². The van der Waals surface area contributed by atoms with Crippen molar-refractivity contribution in [3.8, 4) is 0 Å². The molecule has 1 aromatic rings. The first-order valence-electron chi connectivity index (χ1n) is 6.16. The van der Waals surface area contributed by atoms with E-state index in [1.807, 2.05) is 30.3 Å². The lowest BCUT2D eigenvalue weighted by molar-refractivity contribution is -0.149. The molecule has 1 saturated heterocycles. The van der Waals surface area contributed by atoms with Gasteiger partial charge in [0.1, 0.15) is 6.10 Å². The molecule has 3 heteroatoms. The van der Waals surface area contributed by atoms with Crippen LogP contribution in [0.15, 0.2) is 30.3 Å². The Hall–Kier alpha value is -0.830. The lowest BCUT2D eigenvalue weighted by Crippen LogP contribution is -2.19. The average molecular weight is 297 g/mol. The van der Waals surface area contributed by atoms with E-state index in [1.165, 1.54) is 0 Å². The maximum atomic E-state index is 11.7. The van der Waals surface area contributed by atoms with Crippen molar-refractivity contribution >= 4 is 21.9 Å². The molecule has 2 atom stereocenters. The molecule has 92 valence electrons. The quantitative estimate of drug-likeness (QED) is 0.578. The van der Waals surface area contributed by atoms with Gasteiger partial charge in [-0.3, -0.25) is 4.79 Å². The first-order chi connectivity index (χ1) is 8.27. The van der Waals surface area contributed by atoms with Crippen LogP contribution in [-0.4, -0.2) is 10.8 Å². The van der Waals surface area contributed by atoms with E-state index < -0.39 is 0 Å². The van der Waals surface area contributed by atoms with Crippen LogP contribution < -0.4 is 0 Å². The maximum absolute atomic E-state index is 11.7. The van der Waals surface area contributed by atoms with E-state index in [2.05, 4.69) is 15.9 Å². The van der Waals surface area contributed by atoms with Gasteiger partial charge in [-0.25, -0.2) is 0 Å². The molecule has 0 spiro atoms. The molecule has 0 aliphatic carbocycles. The summed E-state index contributed by atoms with van der Waals surface area (Å²) < 4.78 is 5.58. The molecule has 1 aliphatic rings. The summed E-state index contributed by atoms with van der Waals surface area (Å²) in [6.45, 7) is 0. The number of cyclic esters (lactones) is 1. The normalized spacial score (nSPS) is 26.5. The fourth-order valence-corrected chi connectivity index (χ4v) is 2.87. The molecular formula is C14H17BrO2. The second-order valence-electron chi connectivity index (χ2n) is 4.44. The van der Waals surface area contributed by atoms with E-state index in [-0.39, 0.29) is 16.9 Å². The van der Waals surface area contributed by atoms with Crippen LogP contribution in [-0.2, 0) is 9.53 Å². The predicted molar refractivity (Wildman–Crippen MR) is 71.1 cm³/mol. The van der Waals surface area contributed by atoms with Gasteiger partial charge >= 0.3 is 5.97 Å². The van der Waals surface area contributed by atoms with E-state index in [0.29, 0.717) is 6.42 Å². The van der Waals surface area contributed by atoms with Gasteiger partial charge in [0.05, 0.1) is 4.83 Å². The topological polar surface area (TPSA) is 26.3 Å². The first-order valence-corrected chi connectivity index (χ1v) is 7.07. The van der Waals surface area contributed by atoms with Gasteiger partial charge in [-0.2, -0.15) is 0 Å². The zero-order valence-electron chi connectivity index (χ0n) is 9.77. The first kappa shape index (κ1) is 12.6. The minimum atomic E-state index is -0.151. The summed E-state index contributed by atoms with van der Waals surface area (Å²) in [5, 5.41) is 0. The van der Waals surface area contributed by atoms with Gasteiger partial charge in [-0.05, 0) is 18.4 Å². The number of alkyl halides is 1. The molecule has 1 aliphatic heterocycles. The Morgan fingerprint density at radius 3 is 2.65 bits per heavy atom. The molecule has 0 amide bonds. The third-order valence-electron chi connectivity index (χ3n) is 3.08. The Morgan fingerprint density at radius 1 is 1.12 bits per heavy atom. The minimum Gasteiger partial charge on any atom is -0.456 e. The van der Waals surface area contributed by atoms with E-state index in [9.17, 15) is 4.79 Å². The van der Waals surface area contributed by atoms with Crippen molar-refractivity contribution in [1.82, 2.24) is 0 Å². The van der Waals surface area contributed by atoms with Crippen LogP contribution in [0, 0.1) is 0 Å². The number of carbonyl (C=O) groups is 1. The highest BCUT2D eigenvalue weighted by molar-refractivity contribution is 9.09. The highest BCUT2D eigenvalue weighted by Crippen LogP contribution is 2.31. The Labute approximate surface area is 110 Å². The zero-order chi connectivity index (χ0) is 12.1. The summed E-state index contributed by atoms with van der Waals surface area (Å²) in [5.74, 6) is -0.0785. The lowest BCUT2D eigenvalue weighted by atomic mass is 10.0. The molecule has 2 nitrogen and oxygen atoms in total. The molecule has 0 aromatic heterocycles. The zero-order valence-corrected chi connectivity index (χ0v) is 11.4. The number of rotatable bonds is 1. The monoisotopic (exact) mass is 296 g/mol. The van der Waals surface area contributed by atoms with Crippen molar-refractivity contribution in [3.63, 3.8) is 0 Å². The summed E-state index contributed by atoms with van der Waals surface area (Å²) in [4.78, 5) is 11.9. The van der Waals surface area contributed by atoms with Crippen LogP contribution in [0.1, 0.15) is 43.8 Å². The van der Waals surface area contributed by atoms with Crippen molar-refractivity contribution in [3.05, 3.63) is 35.9 Å². The van der Waals surface area contributed by atoms with Gasteiger partial charge in [0.15, 0.2) is 0 Å². The number of hydrogen-bond donors (Lipinski definition) is 0. The van der Waals surface area contributed by atoms with Gasteiger partial charge < -0.3 is 4.74 Å². The minimum absolute atomic E-state index is 0.0785. The Kier molecular flexibility index (Phi) is 4.60. The van der Waals surface area contributed by atoms with E-state index >= 15 is 0 Å². The molecule has 1 aromatic carbocycles. The maximum Gasteiger partial charge on any atom is 0.306 e. The van der Waals surface area contributed by atoms with E-state index in [4.69, 9.17) is 4.74 Å². The van der Waals surface area contributed by atoms with Gasteiger partial charge in [0.25, 0.3) is 0 Å². The molecule has 2 rings (SSSR count). The van der Waals surface area contributed by atoms with Crippen LogP contribution in [0.25, 0.3) is 0 Å². The average Bonchev–Trinajstić information content (AvgIpc) is 2.43. The smallest absolute Gasteiger partial charge is 0.306 e. The molecule has 0 unspecified atom stereocenters. The molecule has 0 N–H and O–H groups in total. The Balaban J connectivity index is 2.17. The summed E-state index contributed by atoms with van der Waals surface area (Å²) in [7, 11) is 0. The predicted octanol–water partition coefficient (Wildman–Crippen LogP) is 4.00. The van der Waals surface area contributed by atoms with Gasteiger partial charge in [0, 0.05) is 6.42 Å². The SMILES string of the molecule is O=C1CCCCC[C@H](Br)[C@H](c2ccccc2)O1. The van der Waals surface area contributed by atoms with Crippen LogP contribution in [0.2, 0.25) is 0 Å². The van der Waals surface area contributed by atoms with Crippen LogP contribution in [0.5, 0.6) is 0 Å². The molecular weight excluding hydrogens is 280 g/mol. The third-order valence-corrected chi connectivity index (χ3v) is 4.01. The number of carbonyl (C=O) groups excluding carboxylic acids is 1. The molecule has 0 bridgehead atoms. The second kappa shape index (κ2) is 6.20. The number of halogens is 1. The van der Waals surface area contributed by atoms with Gasteiger partial charge in [-0.1, -0.05) is 59.1 Å². The molecule has 0 saturated carbocycles. The second-order valence-corrected chi connectivity index (χ2v) is 5.61. The van der Waals surface area contributed by atoms with Gasteiger partial charge in [0.2, 0.25) is 0 Å². The highest BCUT2D eigenvalue weighted by atomic mass is 79.9. The van der Waals surface area contributed by atoms with Crippen LogP contribution in [0.4, 0.5) is 0 Å². The summed E-state index contributed by atoms with van der Waals surface area (Å²) in [5.41, 5.74) is 1.07. The van der Waals surface area contributed by atoms with Crippen molar-refractivity contribution in [1.29, 1.82) is 0 Å². The number of hydrogen-bond acceptors (Lipinski definition) is 2. The van der Waals surface area contributed by atoms with E-state index in [0.717, 1.165) is 31.2 Å². The van der Waals surface area contributed by atoms with Crippen molar-refractivity contribution in [2.45, 2.75) is 43.0 Å². The van der Waals surface area contributed by atoms with Crippen molar-refractivity contribution in [2.75, 3.05) is 0 Å². The standard InChI is InChI=1S/C14H17BrO2/c15-12-9-5-2-6-10-13(16)17-14(12)11-7-3-1-4-8-11/h1,3-4,7-8,12,14H,2,5-6,9-10H2/t12-,14-/m0/s1.